The van der Waals surface area contributed by atoms with Crippen LogP contribution in [0.4, 0.5) is 11.5 Å². The van der Waals surface area contributed by atoms with Crippen LogP contribution in [0.15, 0.2) is 60.7 Å². The zero-order valence-electron chi connectivity index (χ0n) is 16.1. The number of fused-ring (bicyclic) bond motifs is 1. The van der Waals surface area contributed by atoms with Crippen molar-refractivity contribution in [3.63, 3.8) is 0 Å². The van der Waals surface area contributed by atoms with E-state index in [4.69, 9.17) is 0 Å². The minimum Gasteiger partial charge on any atom is -0.340 e. The van der Waals surface area contributed by atoms with Crippen molar-refractivity contribution < 1.29 is 0 Å². The fraction of sp³-hybridized carbons (Fsp3) is 0.217. The Hall–Kier alpha value is -2.72. The van der Waals surface area contributed by atoms with Crippen molar-refractivity contribution in [1.29, 1.82) is 0 Å². The van der Waals surface area contributed by atoms with E-state index in [1.807, 2.05) is 13.0 Å². The topological polar surface area (TPSA) is 37.8 Å². The van der Waals surface area contributed by atoms with Gasteiger partial charge in [-0.3, -0.25) is 0 Å². The Kier molecular flexibility index (Phi) is 4.44. The van der Waals surface area contributed by atoms with Gasteiger partial charge in [0.2, 0.25) is 0 Å². The van der Waals surface area contributed by atoms with E-state index in [0.29, 0.717) is 0 Å². The Morgan fingerprint density at radius 3 is 2.26 bits per heavy atom. The molecule has 4 aromatic rings. The van der Waals surface area contributed by atoms with Crippen LogP contribution in [-0.4, -0.2) is 9.97 Å². The van der Waals surface area contributed by atoms with Gasteiger partial charge in [-0.15, -0.1) is 11.3 Å². The second-order valence-electron chi connectivity index (χ2n) is 7.77. The molecule has 0 spiro atoms. The molecular formula is C23H23N3S. The van der Waals surface area contributed by atoms with E-state index < -0.39 is 0 Å². The first-order valence-electron chi connectivity index (χ1n) is 9.11. The van der Waals surface area contributed by atoms with Crippen LogP contribution in [0.5, 0.6) is 0 Å². The number of hydrogen-bond acceptors (Lipinski definition) is 4. The Bertz CT molecular complexity index is 1070. The normalized spacial score (nSPS) is 11.7. The van der Waals surface area contributed by atoms with Crippen LogP contribution in [0.3, 0.4) is 0 Å². The lowest BCUT2D eigenvalue weighted by Crippen LogP contribution is -2.10. The number of aromatic nitrogens is 2. The van der Waals surface area contributed by atoms with Crippen molar-refractivity contribution in [2.45, 2.75) is 33.1 Å². The Morgan fingerprint density at radius 1 is 0.889 bits per heavy atom. The smallest absolute Gasteiger partial charge is 0.142 e. The van der Waals surface area contributed by atoms with Crippen molar-refractivity contribution in [3.05, 3.63) is 72.1 Å². The van der Waals surface area contributed by atoms with E-state index in [-0.39, 0.29) is 5.41 Å². The van der Waals surface area contributed by atoms with E-state index in [1.165, 1.54) is 16.0 Å². The molecule has 0 aliphatic rings. The number of nitrogens with zero attached hydrogens (tertiary/aromatic N) is 2. The second kappa shape index (κ2) is 6.78. The highest BCUT2D eigenvalue weighted by Crippen LogP contribution is 2.36. The molecule has 136 valence electrons. The molecule has 0 unspecified atom stereocenters. The lowest BCUT2D eigenvalue weighted by molar-refractivity contribution is 0.590. The van der Waals surface area contributed by atoms with Gasteiger partial charge in [0, 0.05) is 10.6 Å². The van der Waals surface area contributed by atoms with Gasteiger partial charge in [0.25, 0.3) is 0 Å². The highest BCUT2D eigenvalue weighted by Gasteiger charge is 2.14. The molecule has 0 aliphatic carbocycles. The van der Waals surface area contributed by atoms with E-state index in [1.54, 1.807) is 11.3 Å². The fourth-order valence-corrected chi connectivity index (χ4v) is 4.14. The molecule has 0 radical (unpaired) electrons. The van der Waals surface area contributed by atoms with E-state index in [0.717, 1.165) is 27.5 Å². The van der Waals surface area contributed by atoms with Gasteiger partial charge in [-0.2, -0.15) is 0 Å². The highest BCUT2D eigenvalue weighted by molar-refractivity contribution is 7.21. The molecule has 3 nitrogen and oxygen atoms in total. The molecular weight excluding hydrogens is 350 g/mol. The summed E-state index contributed by atoms with van der Waals surface area (Å²) in [6.45, 7) is 8.62. The third-order valence-electron chi connectivity index (χ3n) is 4.58. The molecule has 0 saturated heterocycles. The lowest BCUT2D eigenvalue weighted by Gasteiger charge is -2.19. The number of anilines is 2. The first-order valence-corrected chi connectivity index (χ1v) is 9.93. The van der Waals surface area contributed by atoms with Crippen molar-refractivity contribution >= 4 is 33.1 Å². The first-order chi connectivity index (χ1) is 12.9. The van der Waals surface area contributed by atoms with Crippen LogP contribution in [0.1, 0.15) is 32.2 Å². The lowest BCUT2D eigenvalue weighted by atomic mass is 9.87. The van der Waals surface area contributed by atoms with Gasteiger partial charge in [0.15, 0.2) is 0 Å². The summed E-state index contributed by atoms with van der Waals surface area (Å²) in [5, 5.41) is 4.55. The number of aryl methyl sites for hydroxylation is 1. The van der Waals surface area contributed by atoms with Crippen LogP contribution < -0.4 is 5.32 Å². The molecule has 0 aliphatic heterocycles. The predicted octanol–water partition coefficient (Wildman–Crippen LogP) is 6.71. The quantitative estimate of drug-likeness (QED) is 0.434. The highest BCUT2D eigenvalue weighted by atomic mass is 32.1. The van der Waals surface area contributed by atoms with Gasteiger partial charge < -0.3 is 5.32 Å². The summed E-state index contributed by atoms with van der Waals surface area (Å²) in [6, 6.07) is 21.2. The molecule has 0 bridgehead atoms. The second-order valence-corrected chi connectivity index (χ2v) is 8.80. The van der Waals surface area contributed by atoms with Crippen LogP contribution >= 0.6 is 11.3 Å². The maximum Gasteiger partial charge on any atom is 0.142 e. The zero-order valence-corrected chi connectivity index (χ0v) is 16.9. The monoisotopic (exact) mass is 373 g/mol. The average molecular weight is 374 g/mol. The van der Waals surface area contributed by atoms with Crippen LogP contribution in [0.25, 0.3) is 20.7 Å². The summed E-state index contributed by atoms with van der Waals surface area (Å²) in [5.41, 5.74) is 3.71. The van der Waals surface area contributed by atoms with Gasteiger partial charge in [-0.25, -0.2) is 9.97 Å². The number of rotatable bonds is 3. The molecule has 2 aromatic heterocycles. The van der Waals surface area contributed by atoms with Gasteiger partial charge in [0.05, 0.1) is 5.39 Å². The maximum absolute atomic E-state index is 4.66. The molecule has 4 rings (SSSR count). The van der Waals surface area contributed by atoms with Crippen molar-refractivity contribution in [2.24, 2.45) is 0 Å². The predicted molar refractivity (Wildman–Crippen MR) is 116 cm³/mol. The molecule has 0 fully saturated rings. The maximum atomic E-state index is 4.66. The van der Waals surface area contributed by atoms with E-state index >= 15 is 0 Å². The molecule has 27 heavy (non-hydrogen) atoms. The van der Waals surface area contributed by atoms with Crippen molar-refractivity contribution in [2.75, 3.05) is 5.32 Å². The summed E-state index contributed by atoms with van der Waals surface area (Å²) < 4.78 is 0. The number of hydrogen-bond donors (Lipinski definition) is 1. The van der Waals surface area contributed by atoms with Gasteiger partial charge >= 0.3 is 0 Å². The number of benzene rings is 2. The number of thiophene rings is 1. The SMILES string of the molecule is Cc1nc(Nc2ccc(C(C)(C)C)cc2)c2cc(-c3ccccc3)sc2n1. The minimum atomic E-state index is 0.148. The van der Waals surface area contributed by atoms with Crippen molar-refractivity contribution in [3.8, 4) is 10.4 Å². The molecule has 1 N–H and O–H groups in total. The fourth-order valence-electron chi connectivity index (χ4n) is 3.06. The molecule has 4 heteroatoms. The standard InChI is InChI=1S/C23H23N3S/c1-15-24-21(26-18-12-10-17(11-13-18)23(2,3)4)19-14-20(27-22(19)25-15)16-8-6-5-7-9-16/h5-14H,1-4H3,(H,24,25,26). The van der Waals surface area contributed by atoms with Gasteiger partial charge in [0.1, 0.15) is 16.5 Å². The minimum absolute atomic E-state index is 0.148. The zero-order chi connectivity index (χ0) is 19.0. The van der Waals surface area contributed by atoms with E-state index in [9.17, 15) is 0 Å². The third kappa shape index (κ3) is 3.71. The van der Waals surface area contributed by atoms with Crippen LogP contribution in [0.2, 0.25) is 0 Å². The molecule has 0 saturated carbocycles. The third-order valence-corrected chi connectivity index (χ3v) is 5.65. The van der Waals surface area contributed by atoms with E-state index in [2.05, 4.69) is 90.7 Å². The Morgan fingerprint density at radius 2 is 1.59 bits per heavy atom. The summed E-state index contributed by atoms with van der Waals surface area (Å²) in [7, 11) is 0. The van der Waals surface area contributed by atoms with Crippen LogP contribution in [0, 0.1) is 6.92 Å². The number of nitrogens with one attached hydrogen (secondary N) is 1. The first kappa shape index (κ1) is 17.7. The van der Waals surface area contributed by atoms with Crippen LogP contribution in [-0.2, 0) is 5.41 Å². The summed E-state index contributed by atoms with van der Waals surface area (Å²) in [6.07, 6.45) is 0. The summed E-state index contributed by atoms with van der Waals surface area (Å²) >= 11 is 1.70. The van der Waals surface area contributed by atoms with Gasteiger partial charge in [-0.1, -0.05) is 63.2 Å². The molecule has 0 atom stereocenters. The average Bonchev–Trinajstić information content (AvgIpc) is 3.06. The molecule has 2 heterocycles. The largest absolute Gasteiger partial charge is 0.340 e. The van der Waals surface area contributed by atoms with Crippen molar-refractivity contribution in [1.82, 2.24) is 9.97 Å². The Balaban J connectivity index is 1.72. The molecule has 2 aromatic carbocycles. The summed E-state index contributed by atoms with van der Waals surface area (Å²) in [5.74, 6) is 1.64. The summed E-state index contributed by atoms with van der Waals surface area (Å²) in [4.78, 5) is 11.5. The molecule has 0 amide bonds. The Labute approximate surface area is 164 Å². The van der Waals surface area contributed by atoms with Gasteiger partial charge in [-0.05, 0) is 41.7 Å².